The highest BCUT2D eigenvalue weighted by Gasteiger charge is 2.28. The van der Waals surface area contributed by atoms with E-state index in [1.807, 2.05) is 0 Å². The average Bonchev–Trinajstić information content (AvgIpc) is 2.28. The van der Waals surface area contributed by atoms with Crippen LogP contribution in [0.3, 0.4) is 0 Å². The quantitative estimate of drug-likeness (QED) is 0.462. The lowest BCUT2D eigenvalue weighted by atomic mass is 9.98. The van der Waals surface area contributed by atoms with Crippen LogP contribution in [0.15, 0.2) is 0 Å². The van der Waals surface area contributed by atoms with E-state index in [0.29, 0.717) is 32.8 Å². The number of ether oxygens (including phenoxy) is 3. The predicted octanol–water partition coefficient (Wildman–Crippen LogP) is 1.10. The van der Waals surface area contributed by atoms with Crippen molar-refractivity contribution in [2.24, 2.45) is 5.73 Å². The average molecular weight is 247 g/mol. The van der Waals surface area contributed by atoms with Gasteiger partial charge in [0.15, 0.2) is 0 Å². The lowest BCUT2D eigenvalue weighted by Crippen LogP contribution is -2.46. The van der Waals surface area contributed by atoms with Crippen molar-refractivity contribution < 1.29 is 19.0 Å². The van der Waals surface area contributed by atoms with Crippen LogP contribution in [0.4, 0.5) is 0 Å². The summed E-state index contributed by atoms with van der Waals surface area (Å²) in [6, 6.07) is 0. The molecule has 1 unspecified atom stereocenters. The molecular weight excluding hydrogens is 222 g/mol. The number of hydrogen-bond donors (Lipinski definition) is 1. The Hall–Kier alpha value is -0.650. The summed E-state index contributed by atoms with van der Waals surface area (Å²) in [5.41, 5.74) is 4.95. The third kappa shape index (κ3) is 8.12. The van der Waals surface area contributed by atoms with E-state index in [1.165, 1.54) is 0 Å². The fourth-order valence-corrected chi connectivity index (χ4v) is 1.35. The zero-order chi connectivity index (χ0) is 13.1. The van der Waals surface area contributed by atoms with Gasteiger partial charge >= 0.3 is 5.97 Å². The highest BCUT2D eigenvalue weighted by atomic mass is 16.5. The van der Waals surface area contributed by atoms with Crippen LogP contribution in [0.1, 0.15) is 33.1 Å². The van der Waals surface area contributed by atoms with Gasteiger partial charge in [0.05, 0.1) is 6.61 Å². The van der Waals surface area contributed by atoms with Gasteiger partial charge in [0.2, 0.25) is 0 Å². The Morgan fingerprint density at radius 1 is 1.24 bits per heavy atom. The van der Waals surface area contributed by atoms with E-state index in [9.17, 15) is 4.79 Å². The number of carbonyl (C=O) groups excluding carboxylic acids is 1. The van der Waals surface area contributed by atoms with Gasteiger partial charge in [-0.25, -0.2) is 0 Å². The maximum absolute atomic E-state index is 11.5. The highest BCUT2D eigenvalue weighted by Crippen LogP contribution is 2.11. The van der Waals surface area contributed by atoms with Crippen molar-refractivity contribution >= 4 is 5.97 Å². The third-order valence-corrected chi connectivity index (χ3v) is 2.36. The summed E-state index contributed by atoms with van der Waals surface area (Å²) >= 11 is 0. The molecule has 0 fully saturated rings. The number of esters is 1. The standard InChI is InChI=1S/C12H25NO4/c1-4-17-11(14)12(2,13)7-5-9-16-10-6-8-15-3/h4-10,13H2,1-3H3. The molecule has 5 heteroatoms. The van der Waals surface area contributed by atoms with Crippen molar-refractivity contribution in [1.82, 2.24) is 0 Å². The van der Waals surface area contributed by atoms with Gasteiger partial charge < -0.3 is 19.9 Å². The number of hydrogen-bond acceptors (Lipinski definition) is 5. The Morgan fingerprint density at radius 3 is 2.47 bits per heavy atom. The number of carbonyl (C=O) groups is 1. The van der Waals surface area contributed by atoms with Crippen molar-refractivity contribution in [2.45, 2.75) is 38.6 Å². The smallest absolute Gasteiger partial charge is 0.325 e. The maximum atomic E-state index is 11.5. The van der Waals surface area contributed by atoms with Crippen molar-refractivity contribution in [3.8, 4) is 0 Å². The van der Waals surface area contributed by atoms with Crippen LogP contribution in [0, 0.1) is 0 Å². The summed E-state index contributed by atoms with van der Waals surface area (Å²) in [7, 11) is 1.67. The molecule has 2 N–H and O–H groups in total. The second kappa shape index (κ2) is 9.39. The van der Waals surface area contributed by atoms with Gasteiger partial charge in [-0.15, -0.1) is 0 Å². The largest absolute Gasteiger partial charge is 0.465 e. The van der Waals surface area contributed by atoms with Gasteiger partial charge in [-0.3, -0.25) is 4.79 Å². The van der Waals surface area contributed by atoms with Crippen LogP contribution < -0.4 is 5.73 Å². The normalized spacial score (nSPS) is 14.4. The van der Waals surface area contributed by atoms with Crippen LogP contribution in [0.25, 0.3) is 0 Å². The summed E-state index contributed by atoms with van der Waals surface area (Å²) in [5.74, 6) is -0.348. The molecule has 0 aromatic rings. The SMILES string of the molecule is CCOC(=O)C(C)(N)CCCOCCCOC. The summed E-state index contributed by atoms with van der Waals surface area (Å²) in [4.78, 5) is 11.5. The van der Waals surface area contributed by atoms with E-state index >= 15 is 0 Å². The first-order chi connectivity index (χ1) is 8.04. The molecular formula is C12H25NO4. The maximum Gasteiger partial charge on any atom is 0.325 e. The Labute approximate surface area is 104 Å². The summed E-state index contributed by atoms with van der Waals surface area (Å²) in [5, 5.41) is 0. The molecule has 0 radical (unpaired) electrons. The van der Waals surface area contributed by atoms with E-state index in [-0.39, 0.29) is 5.97 Å². The second-order valence-electron chi connectivity index (χ2n) is 4.20. The van der Waals surface area contributed by atoms with E-state index in [1.54, 1.807) is 21.0 Å². The molecule has 0 saturated carbocycles. The van der Waals surface area contributed by atoms with Gasteiger partial charge in [0.25, 0.3) is 0 Å². The van der Waals surface area contributed by atoms with E-state index in [2.05, 4.69) is 0 Å². The van der Waals surface area contributed by atoms with Crippen molar-refractivity contribution in [2.75, 3.05) is 33.5 Å². The lowest BCUT2D eigenvalue weighted by molar-refractivity contribution is -0.149. The molecule has 0 aromatic heterocycles. The Balaban J connectivity index is 3.55. The van der Waals surface area contributed by atoms with Crippen LogP contribution >= 0.6 is 0 Å². The number of methoxy groups -OCH3 is 1. The van der Waals surface area contributed by atoms with Gasteiger partial charge in [-0.2, -0.15) is 0 Å². The molecule has 102 valence electrons. The number of nitrogens with two attached hydrogens (primary N) is 1. The van der Waals surface area contributed by atoms with Gasteiger partial charge in [-0.1, -0.05) is 0 Å². The molecule has 1 atom stereocenters. The highest BCUT2D eigenvalue weighted by molar-refractivity contribution is 5.79. The zero-order valence-electron chi connectivity index (χ0n) is 11.2. The van der Waals surface area contributed by atoms with Crippen LogP contribution in [0.5, 0.6) is 0 Å². The second-order valence-corrected chi connectivity index (χ2v) is 4.20. The molecule has 0 aliphatic rings. The van der Waals surface area contributed by atoms with E-state index < -0.39 is 5.54 Å². The van der Waals surface area contributed by atoms with Gasteiger partial charge in [-0.05, 0) is 33.1 Å². The molecule has 0 heterocycles. The summed E-state index contributed by atoms with van der Waals surface area (Å²) < 4.78 is 15.2. The van der Waals surface area contributed by atoms with Crippen molar-refractivity contribution in [1.29, 1.82) is 0 Å². The van der Waals surface area contributed by atoms with Crippen LogP contribution in [-0.2, 0) is 19.0 Å². The lowest BCUT2D eigenvalue weighted by Gasteiger charge is -2.21. The minimum absolute atomic E-state index is 0.348. The van der Waals surface area contributed by atoms with E-state index in [0.717, 1.165) is 12.8 Å². The first-order valence-corrected chi connectivity index (χ1v) is 6.07. The fourth-order valence-electron chi connectivity index (χ4n) is 1.35. The molecule has 0 bridgehead atoms. The molecule has 0 aliphatic carbocycles. The summed E-state index contributed by atoms with van der Waals surface area (Å²) in [6.07, 6.45) is 2.20. The molecule has 5 nitrogen and oxygen atoms in total. The molecule has 0 amide bonds. The molecule has 17 heavy (non-hydrogen) atoms. The monoisotopic (exact) mass is 247 g/mol. The molecule has 0 spiro atoms. The first kappa shape index (κ1) is 16.4. The summed E-state index contributed by atoms with van der Waals surface area (Å²) in [6.45, 7) is 5.81. The van der Waals surface area contributed by atoms with Gasteiger partial charge in [0, 0.05) is 26.9 Å². The zero-order valence-corrected chi connectivity index (χ0v) is 11.2. The molecule has 0 aliphatic heterocycles. The third-order valence-electron chi connectivity index (χ3n) is 2.36. The topological polar surface area (TPSA) is 70.8 Å². The minimum Gasteiger partial charge on any atom is -0.465 e. The molecule has 0 rings (SSSR count). The number of rotatable bonds is 10. The van der Waals surface area contributed by atoms with Crippen molar-refractivity contribution in [3.63, 3.8) is 0 Å². The van der Waals surface area contributed by atoms with Crippen LogP contribution in [0.2, 0.25) is 0 Å². The Bertz CT molecular complexity index is 207. The van der Waals surface area contributed by atoms with Crippen LogP contribution in [-0.4, -0.2) is 45.0 Å². The predicted molar refractivity (Wildman–Crippen MR) is 65.8 cm³/mol. The minimum atomic E-state index is -0.911. The molecule has 0 aromatic carbocycles. The van der Waals surface area contributed by atoms with Gasteiger partial charge in [0.1, 0.15) is 5.54 Å². The first-order valence-electron chi connectivity index (χ1n) is 6.07. The fraction of sp³-hybridized carbons (Fsp3) is 0.917. The Morgan fingerprint density at radius 2 is 1.88 bits per heavy atom. The molecule has 0 saturated heterocycles. The van der Waals surface area contributed by atoms with E-state index in [4.69, 9.17) is 19.9 Å². The Kier molecular flexibility index (Phi) is 9.03. The van der Waals surface area contributed by atoms with Crippen molar-refractivity contribution in [3.05, 3.63) is 0 Å².